The highest BCUT2D eigenvalue weighted by molar-refractivity contribution is 7.92. The van der Waals surface area contributed by atoms with Gasteiger partial charge in [-0.2, -0.15) is 0 Å². The second kappa shape index (κ2) is 9.48. The highest BCUT2D eigenvalue weighted by atomic mass is 32.2. The number of carbonyl (C=O) groups excluding carboxylic acids is 2. The third-order valence-electron chi connectivity index (χ3n) is 4.65. The molecule has 8 nitrogen and oxygen atoms in total. The summed E-state index contributed by atoms with van der Waals surface area (Å²) in [4.78, 5) is 32.1. The van der Waals surface area contributed by atoms with Crippen molar-refractivity contribution >= 4 is 33.3 Å². The molecule has 3 rings (SSSR count). The van der Waals surface area contributed by atoms with Crippen molar-refractivity contribution in [3.05, 3.63) is 77.6 Å². The lowest BCUT2D eigenvalue weighted by Gasteiger charge is -2.09. The molecule has 31 heavy (non-hydrogen) atoms. The van der Waals surface area contributed by atoms with Crippen molar-refractivity contribution < 1.29 is 18.0 Å². The van der Waals surface area contributed by atoms with Gasteiger partial charge in [-0.1, -0.05) is 12.1 Å². The zero-order valence-electron chi connectivity index (χ0n) is 17.1. The van der Waals surface area contributed by atoms with Crippen LogP contribution >= 0.6 is 0 Å². The Morgan fingerprint density at radius 1 is 0.903 bits per heavy atom. The summed E-state index contributed by atoms with van der Waals surface area (Å²) in [7, 11) is -3.85. The summed E-state index contributed by atoms with van der Waals surface area (Å²) in [5, 5.41) is 2.67. The van der Waals surface area contributed by atoms with Crippen molar-refractivity contribution in [3.8, 4) is 0 Å². The Hall–Kier alpha value is -3.59. The molecule has 0 atom stereocenters. The molecule has 2 N–H and O–H groups in total. The average Bonchev–Trinajstić information content (AvgIpc) is 2.75. The van der Waals surface area contributed by atoms with E-state index in [2.05, 4.69) is 20.0 Å². The molecule has 0 unspecified atom stereocenters. The summed E-state index contributed by atoms with van der Waals surface area (Å²) in [5.74, 6) is -0.467. The van der Waals surface area contributed by atoms with Crippen LogP contribution in [0.25, 0.3) is 0 Å². The van der Waals surface area contributed by atoms with Gasteiger partial charge in [0.15, 0.2) is 5.78 Å². The number of aromatic nitrogens is 2. The van der Waals surface area contributed by atoms with E-state index >= 15 is 0 Å². The maximum Gasteiger partial charge on any atom is 0.264 e. The number of rotatable bonds is 8. The fourth-order valence-corrected chi connectivity index (χ4v) is 3.72. The van der Waals surface area contributed by atoms with Crippen LogP contribution in [-0.4, -0.2) is 30.1 Å². The van der Waals surface area contributed by atoms with Crippen LogP contribution in [0.2, 0.25) is 0 Å². The number of sulfonamides is 1. The van der Waals surface area contributed by atoms with Crippen molar-refractivity contribution in [2.24, 2.45) is 0 Å². The Morgan fingerprint density at radius 2 is 1.58 bits per heavy atom. The summed E-state index contributed by atoms with van der Waals surface area (Å²) in [5.41, 5.74) is 3.14. The molecule has 1 amide bonds. The molecule has 0 bridgehead atoms. The van der Waals surface area contributed by atoms with Gasteiger partial charge in [0.05, 0.1) is 4.90 Å². The fraction of sp³-hybridized carbons (Fsp3) is 0.182. The summed E-state index contributed by atoms with van der Waals surface area (Å²) in [6, 6.07) is 12.7. The monoisotopic (exact) mass is 438 g/mol. The van der Waals surface area contributed by atoms with Crippen molar-refractivity contribution in [2.75, 3.05) is 10.0 Å². The first-order chi connectivity index (χ1) is 14.7. The zero-order chi connectivity index (χ0) is 22.4. The van der Waals surface area contributed by atoms with Gasteiger partial charge in [-0.15, -0.1) is 0 Å². The van der Waals surface area contributed by atoms with E-state index < -0.39 is 10.0 Å². The van der Waals surface area contributed by atoms with E-state index in [1.165, 1.54) is 36.7 Å². The van der Waals surface area contributed by atoms with Gasteiger partial charge >= 0.3 is 0 Å². The predicted molar refractivity (Wildman–Crippen MR) is 117 cm³/mol. The minimum Gasteiger partial charge on any atom is -0.326 e. The van der Waals surface area contributed by atoms with Crippen LogP contribution in [-0.2, 0) is 14.8 Å². The van der Waals surface area contributed by atoms with Crippen molar-refractivity contribution in [3.63, 3.8) is 0 Å². The van der Waals surface area contributed by atoms with Gasteiger partial charge < -0.3 is 5.32 Å². The van der Waals surface area contributed by atoms with E-state index in [4.69, 9.17) is 0 Å². The topological polar surface area (TPSA) is 118 Å². The molecule has 1 aromatic heterocycles. The molecule has 160 valence electrons. The Labute approximate surface area is 180 Å². The maximum atomic E-state index is 12.4. The lowest BCUT2D eigenvalue weighted by Crippen LogP contribution is -2.16. The van der Waals surface area contributed by atoms with E-state index in [0.29, 0.717) is 11.3 Å². The number of hydrogen-bond acceptors (Lipinski definition) is 6. The van der Waals surface area contributed by atoms with Crippen LogP contribution in [0, 0.1) is 13.8 Å². The second-order valence-electron chi connectivity index (χ2n) is 6.97. The molecule has 0 saturated heterocycles. The first kappa shape index (κ1) is 22.1. The number of Topliss-reactive ketones (excluding diaryl/α,β-unsaturated/α-hetero) is 1. The van der Waals surface area contributed by atoms with Gasteiger partial charge in [-0.3, -0.25) is 9.59 Å². The van der Waals surface area contributed by atoms with Gasteiger partial charge in [-0.25, -0.2) is 23.1 Å². The van der Waals surface area contributed by atoms with Crippen LogP contribution in [0.3, 0.4) is 0 Å². The number of aryl methyl sites for hydroxylation is 2. The molecule has 0 saturated carbocycles. The van der Waals surface area contributed by atoms with E-state index in [1.54, 1.807) is 12.1 Å². The summed E-state index contributed by atoms with van der Waals surface area (Å²) >= 11 is 0. The summed E-state index contributed by atoms with van der Waals surface area (Å²) < 4.78 is 27.0. The Balaban J connectivity index is 1.56. The predicted octanol–water partition coefficient (Wildman–Crippen LogP) is 3.50. The highest BCUT2D eigenvalue weighted by Crippen LogP contribution is 2.17. The van der Waals surface area contributed by atoms with Crippen LogP contribution in [0.1, 0.15) is 34.3 Å². The van der Waals surface area contributed by atoms with Gasteiger partial charge in [0.25, 0.3) is 10.0 Å². The fourth-order valence-electron chi connectivity index (χ4n) is 2.76. The van der Waals surface area contributed by atoms with Crippen LogP contribution in [0.4, 0.5) is 11.6 Å². The number of amides is 1. The molecule has 0 radical (unpaired) electrons. The lowest BCUT2D eigenvalue weighted by molar-refractivity contribution is -0.116. The molecular formula is C22H22N4O4S. The third kappa shape index (κ3) is 5.95. The SMILES string of the molecule is Cc1ccc(C(=O)CCC(=O)Nc2ccc(S(=O)(=O)Nc3ncccn3)cc2)cc1C. The summed E-state index contributed by atoms with van der Waals surface area (Å²) in [6.45, 7) is 3.91. The Bertz CT molecular complexity index is 1190. The summed E-state index contributed by atoms with van der Waals surface area (Å²) in [6.07, 6.45) is 2.96. The van der Waals surface area contributed by atoms with Crippen molar-refractivity contribution in [1.29, 1.82) is 0 Å². The number of benzene rings is 2. The van der Waals surface area contributed by atoms with Crippen LogP contribution < -0.4 is 10.0 Å². The first-order valence-electron chi connectivity index (χ1n) is 9.55. The average molecular weight is 439 g/mol. The quantitative estimate of drug-likeness (QED) is 0.520. The van der Waals surface area contributed by atoms with Gasteiger partial charge in [0.2, 0.25) is 11.9 Å². The molecule has 0 spiro atoms. The normalized spacial score (nSPS) is 11.0. The largest absolute Gasteiger partial charge is 0.326 e. The van der Waals surface area contributed by atoms with Crippen molar-refractivity contribution in [2.45, 2.75) is 31.6 Å². The van der Waals surface area contributed by atoms with Gasteiger partial charge in [0.1, 0.15) is 0 Å². The minimum atomic E-state index is -3.85. The maximum absolute atomic E-state index is 12.4. The second-order valence-corrected chi connectivity index (χ2v) is 8.66. The number of hydrogen-bond donors (Lipinski definition) is 2. The molecule has 3 aromatic rings. The Kier molecular flexibility index (Phi) is 6.76. The lowest BCUT2D eigenvalue weighted by atomic mass is 10.0. The molecule has 2 aromatic carbocycles. The first-order valence-corrected chi connectivity index (χ1v) is 11.0. The molecule has 1 heterocycles. The van der Waals surface area contributed by atoms with E-state index in [9.17, 15) is 18.0 Å². The standard InChI is InChI=1S/C22H22N4O4S/c1-15-4-5-17(14-16(15)2)20(27)10-11-21(28)25-18-6-8-19(9-7-18)31(29,30)26-22-23-12-3-13-24-22/h3-9,12-14H,10-11H2,1-2H3,(H,25,28)(H,23,24,26). The molecule has 0 aliphatic rings. The van der Waals surface area contributed by atoms with E-state index in [0.717, 1.165) is 11.1 Å². The number of carbonyl (C=O) groups is 2. The van der Waals surface area contributed by atoms with Gasteiger partial charge in [0, 0.05) is 36.5 Å². The van der Waals surface area contributed by atoms with E-state index in [-0.39, 0.29) is 35.4 Å². The molecule has 0 aliphatic heterocycles. The van der Waals surface area contributed by atoms with Crippen LogP contribution in [0.15, 0.2) is 65.8 Å². The third-order valence-corrected chi connectivity index (χ3v) is 5.99. The molecule has 0 aliphatic carbocycles. The number of nitrogens with one attached hydrogen (secondary N) is 2. The highest BCUT2D eigenvalue weighted by Gasteiger charge is 2.16. The van der Waals surface area contributed by atoms with Crippen molar-refractivity contribution in [1.82, 2.24) is 9.97 Å². The number of nitrogens with zero attached hydrogens (tertiary/aromatic N) is 2. The minimum absolute atomic E-state index is 0.00266. The van der Waals surface area contributed by atoms with Gasteiger partial charge in [-0.05, 0) is 61.4 Å². The molecule has 9 heteroatoms. The smallest absolute Gasteiger partial charge is 0.264 e. The molecule has 0 fully saturated rings. The zero-order valence-corrected chi connectivity index (χ0v) is 17.9. The van der Waals surface area contributed by atoms with Crippen LogP contribution in [0.5, 0.6) is 0 Å². The number of ketones is 1. The Morgan fingerprint density at radius 3 is 2.23 bits per heavy atom. The molecular weight excluding hydrogens is 416 g/mol. The van der Waals surface area contributed by atoms with E-state index in [1.807, 2.05) is 26.0 Å². The number of anilines is 2.